The molecule has 2 aromatic heterocycles. The summed E-state index contributed by atoms with van der Waals surface area (Å²) in [6.45, 7) is 1.57. The van der Waals surface area contributed by atoms with Gasteiger partial charge in [0.2, 0.25) is 5.88 Å². The van der Waals surface area contributed by atoms with Gasteiger partial charge in [0.1, 0.15) is 0 Å². The van der Waals surface area contributed by atoms with Crippen molar-refractivity contribution in [3.05, 3.63) is 29.0 Å². The van der Waals surface area contributed by atoms with Crippen LogP contribution in [0.1, 0.15) is 28.5 Å². The molecule has 8 heteroatoms. The van der Waals surface area contributed by atoms with E-state index >= 15 is 0 Å². The molecule has 0 amide bonds. The van der Waals surface area contributed by atoms with Crippen molar-refractivity contribution in [2.75, 3.05) is 7.11 Å². The summed E-state index contributed by atoms with van der Waals surface area (Å²) >= 11 is 0. The largest absolute Gasteiger partial charge is 0.481 e. The predicted molar refractivity (Wildman–Crippen MR) is 67.4 cm³/mol. The Labute approximate surface area is 117 Å². The number of fused-ring (bicyclic) bond motifs is 1. The fraction of sp³-hybridized carbons (Fsp3) is 0.308. The van der Waals surface area contributed by atoms with E-state index in [9.17, 15) is 18.0 Å². The molecule has 112 valence electrons. The molecule has 1 N–H and O–H groups in total. The van der Waals surface area contributed by atoms with Gasteiger partial charge in [-0.25, -0.2) is 9.78 Å². The van der Waals surface area contributed by atoms with E-state index in [-0.39, 0.29) is 28.9 Å². The van der Waals surface area contributed by atoms with E-state index in [2.05, 4.69) is 9.97 Å². The van der Waals surface area contributed by atoms with Gasteiger partial charge in [-0.1, -0.05) is 6.92 Å². The first kappa shape index (κ1) is 15.0. The van der Waals surface area contributed by atoms with Crippen LogP contribution in [0.2, 0.25) is 0 Å². The van der Waals surface area contributed by atoms with Crippen molar-refractivity contribution in [3.8, 4) is 5.88 Å². The molecule has 0 bridgehead atoms. The zero-order valence-electron chi connectivity index (χ0n) is 11.2. The van der Waals surface area contributed by atoms with E-state index in [1.165, 1.54) is 19.2 Å². The molecule has 0 fully saturated rings. The van der Waals surface area contributed by atoms with Gasteiger partial charge in [-0.05, 0) is 18.1 Å². The molecule has 5 nitrogen and oxygen atoms in total. The van der Waals surface area contributed by atoms with Crippen molar-refractivity contribution in [1.29, 1.82) is 0 Å². The summed E-state index contributed by atoms with van der Waals surface area (Å²) in [5.41, 5.74) is -2.41. The van der Waals surface area contributed by atoms with E-state index in [1.54, 1.807) is 6.92 Å². The van der Waals surface area contributed by atoms with Crippen LogP contribution >= 0.6 is 0 Å². The van der Waals surface area contributed by atoms with Crippen molar-refractivity contribution in [3.63, 3.8) is 0 Å². The van der Waals surface area contributed by atoms with Gasteiger partial charge in [0, 0.05) is 11.5 Å². The van der Waals surface area contributed by atoms with Crippen molar-refractivity contribution < 1.29 is 27.8 Å². The summed E-state index contributed by atoms with van der Waals surface area (Å²) in [7, 11) is 1.32. The number of alkyl halides is 3. The van der Waals surface area contributed by atoms with E-state index in [0.717, 1.165) is 0 Å². The second-order valence-corrected chi connectivity index (χ2v) is 4.20. The summed E-state index contributed by atoms with van der Waals surface area (Å²) in [5.74, 6) is -1.56. The molecule has 0 aliphatic carbocycles. The van der Waals surface area contributed by atoms with Gasteiger partial charge >= 0.3 is 12.1 Å². The average Bonchev–Trinajstić information content (AvgIpc) is 2.43. The molecule has 21 heavy (non-hydrogen) atoms. The van der Waals surface area contributed by atoms with Crippen molar-refractivity contribution in [2.24, 2.45) is 0 Å². The van der Waals surface area contributed by atoms with Crippen LogP contribution in [0, 0.1) is 0 Å². The molecule has 0 aliphatic heterocycles. The van der Waals surface area contributed by atoms with Gasteiger partial charge in [-0.2, -0.15) is 18.2 Å². The van der Waals surface area contributed by atoms with Crippen LogP contribution in [0.3, 0.4) is 0 Å². The van der Waals surface area contributed by atoms with Gasteiger partial charge in [-0.3, -0.25) is 0 Å². The van der Waals surface area contributed by atoms with Crippen LogP contribution < -0.4 is 4.74 Å². The molecule has 2 heterocycles. The summed E-state index contributed by atoms with van der Waals surface area (Å²) < 4.78 is 44.0. The lowest BCUT2D eigenvalue weighted by molar-refractivity contribution is -0.141. The highest BCUT2D eigenvalue weighted by molar-refractivity contribution is 5.97. The number of hydrogen-bond donors (Lipinski definition) is 1. The number of pyridine rings is 2. The number of aromatic carboxylic acids is 1. The lowest BCUT2D eigenvalue weighted by Crippen LogP contribution is -2.18. The lowest BCUT2D eigenvalue weighted by Gasteiger charge is -2.15. The second-order valence-electron chi connectivity index (χ2n) is 4.20. The van der Waals surface area contributed by atoms with Gasteiger partial charge in [0.05, 0.1) is 12.7 Å². The number of hydrogen-bond acceptors (Lipinski definition) is 4. The van der Waals surface area contributed by atoms with Crippen molar-refractivity contribution >= 4 is 17.0 Å². The number of halogens is 3. The number of methoxy groups -OCH3 is 1. The quantitative estimate of drug-likeness (QED) is 0.943. The molecular weight excluding hydrogens is 289 g/mol. The van der Waals surface area contributed by atoms with E-state index in [0.29, 0.717) is 0 Å². The van der Waals surface area contributed by atoms with Gasteiger partial charge < -0.3 is 9.84 Å². The van der Waals surface area contributed by atoms with Crippen LogP contribution in [-0.4, -0.2) is 28.2 Å². The Balaban J connectivity index is 2.93. The Morgan fingerprint density at radius 3 is 2.48 bits per heavy atom. The molecule has 0 aromatic carbocycles. The highest BCUT2D eigenvalue weighted by atomic mass is 19.4. The average molecular weight is 300 g/mol. The normalized spacial score (nSPS) is 11.7. The number of carboxylic acids is 1. The molecule has 0 saturated heterocycles. The Kier molecular flexibility index (Phi) is 3.71. The van der Waals surface area contributed by atoms with Gasteiger partial charge in [0.25, 0.3) is 0 Å². The van der Waals surface area contributed by atoms with Crippen molar-refractivity contribution in [1.82, 2.24) is 9.97 Å². The molecule has 0 spiro atoms. The predicted octanol–water partition coefficient (Wildman–Crippen LogP) is 2.92. The first-order chi connectivity index (χ1) is 9.79. The van der Waals surface area contributed by atoms with Crippen LogP contribution in [0.5, 0.6) is 5.88 Å². The van der Waals surface area contributed by atoms with Gasteiger partial charge in [-0.15, -0.1) is 0 Å². The standard InChI is InChI=1S/C13H11F3N2O3/c1-3-6-7-4-5-8(21-2)17-11(7)18-10(13(14,15)16)9(6)12(19)20/h4-5H,3H2,1-2H3,(H,19,20). The van der Waals surface area contributed by atoms with E-state index < -0.39 is 23.4 Å². The SMILES string of the molecule is CCc1c(C(=O)O)c(C(F)(F)F)nc2nc(OC)ccc12. The van der Waals surface area contributed by atoms with Gasteiger partial charge in [0.15, 0.2) is 11.3 Å². The van der Waals surface area contributed by atoms with E-state index in [1.807, 2.05) is 0 Å². The first-order valence-electron chi connectivity index (χ1n) is 5.97. The summed E-state index contributed by atoms with van der Waals surface area (Å²) in [5, 5.41) is 9.38. The Hall–Kier alpha value is -2.38. The number of aromatic nitrogens is 2. The number of rotatable bonds is 3. The fourth-order valence-electron chi connectivity index (χ4n) is 2.11. The van der Waals surface area contributed by atoms with Crippen LogP contribution in [0.4, 0.5) is 13.2 Å². The zero-order valence-corrected chi connectivity index (χ0v) is 11.2. The molecule has 0 radical (unpaired) electrons. The number of aryl methyl sites for hydroxylation is 1. The second kappa shape index (κ2) is 5.19. The monoisotopic (exact) mass is 300 g/mol. The minimum Gasteiger partial charge on any atom is -0.481 e. The van der Waals surface area contributed by atoms with Crippen LogP contribution in [0.15, 0.2) is 12.1 Å². The molecular formula is C13H11F3N2O3. The summed E-state index contributed by atoms with van der Waals surface area (Å²) in [4.78, 5) is 18.5. The third-order valence-electron chi connectivity index (χ3n) is 2.98. The lowest BCUT2D eigenvalue weighted by atomic mass is 9.99. The third-order valence-corrected chi connectivity index (χ3v) is 2.98. The summed E-state index contributed by atoms with van der Waals surface area (Å²) in [6.07, 6.45) is -4.77. The zero-order chi connectivity index (χ0) is 15.8. The molecule has 0 aliphatic rings. The maximum absolute atomic E-state index is 13.1. The highest BCUT2D eigenvalue weighted by Gasteiger charge is 2.39. The molecule has 0 atom stereocenters. The smallest absolute Gasteiger partial charge is 0.434 e. The Bertz CT molecular complexity index is 714. The van der Waals surface area contributed by atoms with Crippen molar-refractivity contribution in [2.45, 2.75) is 19.5 Å². The van der Waals surface area contributed by atoms with Crippen LogP contribution in [-0.2, 0) is 12.6 Å². The minimum atomic E-state index is -4.88. The number of ether oxygens (including phenoxy) is 1. The number of nitrogens with zero attached hydrogens (tertiary/aromatic N) is 2. The number of carboxylic acid groups (broad SMARTS) is 1. The highest BCUT2D eigenvalue weighted by Crippen LogP contribution is 2.35. The maximum atomic E-state index is 13.1. The molecule has 2 aromatic rings. The third kappa shape index (κ3) is 2.61. The fourth-order valence-corrected chi connectivity index (χ4v) is 2.11. The molecule has 2 rings (SSSR count). The maximum Gasteiger partial charge on any atom is 0.434 e. The minimum absolute atomic E-state index is 0.0509. The Morgan fingerprint density at radius 2 is 2.00 bits per heavy atom. The molecule has 0 unspecified atom stereocenters. The van der Waals surface area contributed by atoms with Crippen LogP contribution in [0.25, 0.3) is 11.0 Å². The summed E-state index contributed by atoms with van der Waals surface area (Å²) in [6, 6.07) is 2.90. The first-order valence-corrected chi connectivity index (χ1v) is 5.97. The number of carbonyl (C=O) groups is 1. The Morgan fingerprint density at radius 1 is 1.33 bits per heavy atom. The van der Waals surface area contributed by atoms with E-state index in [4.69, 9.17) is 9.84 Å². The topological polar surface area (TPSA) is 72.3 Å². The molecule has 0 saturated carbocycles.